The maximum absolute atomic E-state index is 4.60. The third-order valence-corrected chi connectivity index (χ3v) is 3.54. The SMILES string of the molecule is CNc1cc(C)nc(C2Cc3ccccc3C2)n1. The molecule has 1 aliphatic carbocycles. The highest BCUT2D eigenvalue weighted by molar-refractivity contribution is 5.39. The van der Waals surface area contributed by atoms with Crippen molar-refractivity contribution in [3.05, 3.63) is 53.0 Å². The molecule has 0 bridgehead atoms. The fraction of sp³-hybridized carbons (Fsp3) is 0.333. The van der Waals surface area contributed by atoms with Crippen LogP contribution >= 0.6 is 0 Å². The van der Waals surface area contributed by atoms with E-state index in [9.17, 15) is 0 Å². The van der Waals surface area contributed by atoms with E-state index >= 15 is 0 Å². The molecule has 0 saturated heterocycles. The van der Waals surface area contributed by atoms with Crippen molar-refractivity contribution in [1.29, 1.82) is 0 Å². The summed E-state index contributed by atoms with van der Waals surface area (Å²) in [7, 11) is 1.90. The van der Waals surface area contributed by atoms with Crippen LogP contribution in [0, 0.1) is 6.92 Å². The van der Waals surface area contributed by atoms with E-state index in [4.69, 9.17) is 0 Å². The molecule has 3 rings (SSSR count). The second kappa shape index (κ2) is 4.41. The van der Waals surface area contributed by atoms with Gasteiger partial charge >= 0.3 is 0 Å². The van der Waals surface area contributed by atoms with E-state index in [1.807, 2.05) is 20.0 Å². The number of hydrogen-bond acceptors (Lipinski definition) is 3. The third kappa shape index (κ3) is 1.96. The predicted octanol–water partition coefficient (Wildman–Crippen LogP) is 2.71. The van der Waals surface area contributed by atoms with E-state index in [1.54, 1.807) is 0 Å². The summed E-state index contributed by atoms with van der Waals surface area (Å²) in [6.07, 6.45) is 2.12. The fourth-order valence-electron chi connectivity index (χ4n) is 2.64. The minimum absolute atomic E-state index is 0.425. The number of fused-ring (bicyclic) bond motifs is 1. The molecule has 3 nitrogen and oxygen atoms in total. The molecule has 18 heavy (non-hydrogen) atoms. The van der Waals surface area contributed by atoms with Crippen LogP contribution in [0.3, 0.4) is 0 Å². The zero-order valence-corrected chi connectivity index (χ0v) is 10.8. The number of aryl methyl sites for hydroxylation is 1. The summed E-state index contributed by atoms with van der Waals surface area (Å²) in [4.78, 5) is 9.19. The lowest BCUT2D eigenvalue weighted by Gasteiger charge is -2.10. The molecule has 1 N–H and O–H groups in total. The maximum Gasteiger partial charge on any atom is 0.134 e. The Bertz CT molecular complexity index is 553. The summed E-state index contributed by atoms with van der Waals surface area (Å²) in [5.74, 6) is 2.30. The second-order valence-electron chi connectivity index (χ2n) is 4.88. The highest BCUT2D eigenvalue weighted by Crippen LogP contribution is 2.32. The minimum Gasteiger partial charge on any atom is -0.373 e. The third-order valence-electron chi connectivity index (χ3n) is 3.54. The first-order valence-electron chi connectivity index (χ1n) is 6.36. The Morgan fingerprint density at radius 3 is 2.39 bits per heavy atom. The largest absolute Gasteiger partial charge is 0.373 e. The van der Waals surface area contributed by atoms with Crippen LogP contribution in [-0.4, -0.2) is 17.0 Å². The molecule has 0 spiro atoms. The van der Waals surface area contributed by atoms with Crippen LogP contribution in [0.25, 0.3) is 0 Å². The van der Waals surface area contributed by atoms with Gasteiger partial charge in [0.25, 0.3) is 0 Å². The molecule has 2 aromatic rings. The first-order chi connectivity index (χ1) is 8.76. The monoisotopic (exact) mass is 239 g/mol. The van der Waals surface area contributed by atoms with Gasteiger partial charge in [-0.2, -0.15) is 0 Å². The van der Waals surface area contributed by atoms with E-state index in [0.29, 0.717) is 5.92 Å². The molecule has 0 amide bonds. The summed E-state index contributed by atoms with van der Waals surface area (Å²) in [5, 5.41) is 3.10. The first-order valence-corrected chi connectivity index (χ1v) is 6.36. The van der Waals surface area contributed by atoms with Crippen LogP contribution in [0.2, 0.25) is 0 Å². The smallest absolute Gasteiger partial charge is 0.134 e. The molecular weight excluding hydrogens is 222 g/mol. The lowest BCUT2D eigenvalue weighted by atomic mass is 10.1. The summed E-state index contributed by atoms with van der Waals surface area (Å²) in [5.41, 5.74) is 3.91. The lowest BCUT2D eigenvalue weighted by Crippen LogP contribution is -2.07. The van der Waals surface area contributed by atoms with E-state index < -0.39 is 0 Å². The number of anilines is 1. The van der Waals surface area contributed by atoms with Crippen LogP contribution in [0.4, 0.5) is 5.82 Å². The molecule has 0 atom stereocenters. The van der Waals surface area contributed by atoms with Gasteiger partial charge in [-0.3, -0.25) is 0 Å². The van der Waals surface area contributed by atoms with Gasteiger partial charge in [0.1, 0.15) is 11.6 Å². The van der Waals surface area contributed by atoms with E-state index in [1.165, 1.54) is 11.1 Å². The summed E-state index contributed by atoms with van der Waals surface area (Å²) < 4.78 is 0. The van der Waals surface area contributed by atoms with Crippen LogP contribution < -0.4 is 5.32 Å². The molecule has 0 radical (unpaired) electrons. The molecule has 1 aromatic heterocycles. The molecule has 1 heterocycles. The molecule has 0 unspecified atom stereocenters. The minimum atomic E-state index is 0.425. The molecule has 0 fully saturated rings. The normalized spacial score (nSPS) is 14.6. The Morgan fingerprint density at radius 1 is 1.11 bits per heavy atom. The zero-order chi connectivity index (χ0) is 12.5. The molecule has 92 valence electrons. The van der Waals surface area contributed by atoms with E-state index in [-0.39, 0.29) is 0 Å². The van der Waals surface area contributed by atoms with Crippen LogP contribution in [0.1, 0.15) is 28.6 Å². The molecule has 0 saturated carbocycles. The van der Waals surface area contributed by atoms with Crippen molar-refractivity contribution in [2.24, 2.45) is 0 Å². The average molecular weight is 239 g/mol. The Balaban J connectivity index is 1.92. The number of nitrogens with zero attached hydrogens (tertiary/aromatic N) is 2. The van der Waals surface area contributed by atoms with Crippen LogP contribution in [0.15, 0.2) is 30.3 Å². The quantitative estimate of drug-likeness (QED) is 0.875. The highest BCUT2D eigenvalue weighted by Gasteiger charge is 2.24. The Morgan fingerprint density at radius 2 is 1.78 bits per heavy atom. The van der Waals surface area contributed by atoms with Gasteiger partial charge < -0.3 is 5.32 Å². The van der Waals surface area contributed by atoms with Gasteiger partial charge in [-0.05, 0) is 30.9 Å². The van der Waals surface area contributed by atoms with Gasteiger partial charge in [0, 0.05) is 24.7 Å². The predicted molar refractivity (Wildman–Crippen MR) is 72.9 cm³/mol. The summed E-state index contributed by atoms with van der Waals surface area (Å²) in [6.45, 7) is 2.02. The standard InChI is InChI=1S/C15H17N3/c1-10-7-14(16-2)18-15(17-10)13-8-11-5-3-4-6-12(11)9-13/h3-7,13H,8-9H2,1-2H3,(H,16,17,18). The molecule has 1 aliphatic rings. The van der Waals surface area contributed by atoms with Gasteiger partial charge in [0.05, 0.1) is 0 Å². The molecule has 0 aliphatic heterocycles. The topological polar surface area (TPSA) is 37.8 Å². The van der Waals surface area contributed by atoms with Crippen molar-refractivity contribution in [3.63, 3.8) is 0 Å². The van der Waals surface area contributed by atoms with E-state index in [2.05, 4.69) is 39.6 Å². The van der Waals surface area contributed by atoms with Crippen molar-refractivity contribution >= 4 is 5.82 Å². The van der Waals surface area contributed by atoms with Crippen molar-refractivity contribution < 1.29 is 0 Å². The molecule has 1 aromatic carbocycles. The fourth-order valence-corrected chi connectivity index (χ4v) is 2.64. The summed E-state index contributed by atoms with van der Waals surface area (Å²) in [6, 6.07) is 10.6. The second-order valence-corrected chi connectivity index (χ2v) is 4.88. The van der Waals surface area contributed by atoms with Gasteiger partial charge in [-0.15, -0.1) is 0 Å². The maximum atomic E-state index is 4.60. The first kappa shape index (κ1) is 11.2. The van der Waals surface area contributed by atoms with Crippen LogP contribution in [0.5, 0.6) is 0 Å². The Kier molecular flexibility index (Phi) is 2.74. The number of rotatable bonds is 2. The zero-order valence-electron chi connectivity index (χ0n) is 10.8. The number of nitrogens with one attached hydrogen (secondary N) is 1. The average Bonchev–Trinajstić information content (AvgIpc) is 2.81. The van der Waals surface area contributed by atoms with Crippen molar-refractivity contribution in [2.75, 3.05) is 12.4 Å². The van der Waals surface area contributed by atoms with Gasteiger partial charge in [0.15, 0.2) is 0 Å². The van der Waals surface area contributed by atoms with Crippen molar-refractivity contribution in [2.45, 2.75) is 25.7 Å². The Hall–Kier alpha value is -1.90. The van der Waals surface area contributed by atoms with Gasteiger partial charge in [-0.1, -0.05) is 24.3 Å². The highest BCUT2D eigenvalue weighted by atomic mass is 15.0. The van der Waals surface area contributed by atoms with Gasteiger partial charge in [0.2, 0.25) is 0 Å². The summed E-state index contributed by atoms with van der Waals surface area (Å²) >= 11 is 0. The van der Waals surface area contributed by atoms with Crippen molar-refractivity contribution in [3.8, 4) is 0 Å². The molecule has 3 heteroatoms. The Labute approximate surface area is 107 Å². The lowest BCUT2D eigenvalue weighted by molar-refractivity contribution is 0.679. The molecular formula is C15H17N3. The van der Waals surface area contributed by atoms with Crippen LogP contribution in [-0.2, 0) is 12.8 Å². The van der Waals surface area contributed by atoms with Crippen molar-refractivity contribution in [1.82, 2.24) is 9.97 Å². The van der Waals surface area contributed by atoms with E-state index in [0.717, 1.165) is 30.2 Å². The number of aromatic nitrogens is 2. The van der Waals surface area contributed by atoms with Gasteiger partial charge in [-0.25, -0.2) is 9.97 Å². The number of hydrogen-bond donors (Lipinski definition) is 1. The number of benzene rings is 1.